The van der Waals surface area contributed by atoms with E-state index in [1.807, 2.05) is 0 Å². The van der Waals surface area contributed by atoms with E-state index in [4.69, 9.17) is 4.74 Å². The standard InChI is InChI=1S/C12H14F3NO3/c1-19-10-4-3-8(7-9(10)17)11(18)16-6-2-5-12(13,14)15/h3-4,7,17H,2,5-6H2,1H3,(H,16,18). The van der Waals surface area contributed by atoms with Gasteiger partial charge in [0.2, 0.25) is 0 Å². The smallest absolute Gasteiger partial charge is 0.389 e. The number of alkyl halides is 3. The Bertz CT molecular complexity index is 446. The van der Waals surface area contributed by atoms with Gasteiger partial charge in [-0.3, -0.25) is 4.79 Å². The van der Waals surface area contributed by atoms with Crippen LogP contribution in [-0.2, 0) is 0 Å². The lowest BCUT2D eigenvalue weighted by molar-refractivity contribution is -0.135. The molecule has 0 radical (unpaired) electrons. The van der Waals surface area contributed by atoms with Gasteiger partial charge in [-0.15, -0.1) is 0 Å². The van der Waals surface area contributed by atoms with Crippen LogP contribution >= 0.6 is 0 Å². The third-order valence-corrected chi connectivity index (χ3v) is 2.36. The molecular formula is C12H14F3NO3. The number of amides is 1. The normalized spacial score (nSPS) is 11.2. The summed E-state index contributed by atoms with van der Waals surface area (Å²) in [5, 5.41) is 11.8. The van der Waals surface area contributed by atoms with E-state index in [-0.39, 0.29) is 30.0 Å². The van der Waals surface area contributed by atoms with Crippen LogP contribution in [0.4, 0.5) is 13.2 Å². The average Bonchev–Trinajstić information content (AvgIpc) is 2.33. The largest absolute Gasteiger partial charge is 0.504 e. The number of methoxy groups -OCH3 is 1. The summed E-state index contributed by atoms with van der Waals surface area (Å²) in [6, 6.07) is 4.01. The predicted molar refractivity (Wildman–Crippen MR) is 62.3 cm³/mol. The van der Waals surface area contributed by atoms with Crippen molar-refractivity contribution in [3.63, 3.8) is 0 Å². The fourth-order valence-corrected chi connectivity index (χ4v) is 1.42. The van der Waals surface area contributed by atoms with Crippen LogP contribution < -0.4 is 10.1 Å². The zero-order valence-electron chi connectivity index (χ0n) is 10.3. The van der Waals surface area contributed by atoms with E-state index in [1.54, 1.807) is 0 Å². The van der Waals surface area contributed by atoms with Crippen LogP contribution in [-0.4, -0.2) is 30.8 Å². The molecule has 106 valence electrons. The first-order chi connectivity index (χ1) is 8.83. The summed E-state index contributed by atoms with van der Waals surface area (Å²) in [5.41, 5.74) is 0.158. The minimum absolute atomic E-state index is 0.0782. The Morgan fingerprint density at radius 3 is 2.63 bits per heavy atom. The average molecular weight is 277 g/mol. The molecule has 0 aliphatic rings. The summed E-state index contributed by atoms with van der Waals surface area (Å²) in [6.07, 6.45) is -5.35. The molecule has 19 heavy (non-hydrogen) atoms. The van der Waals surface area contributed by atoms with Crippen LogP contribution in [0.1, 0.15) is 23.2 Å². The predicted octanol–water partition coefficient (Wildman–Crippen LogP) is 2.47. The van der Waals surface area contributed by atoms with Gasteiger partial charge in [0.05, 0.1) is 7.11 Å². The molecule has 1 aromatic carbocycles. The monoisotopic (exact) mass is 277 g/mol. The molecule has 0 fully saturated rings. The molecule has 0 aliphatic carbocycles. The molecule has 0 spiro atoms. The lowest BCUT2D eigenvalue weighted by atomic mass is 10.2. The Morgan fingerprint density at radius 1 is 1.42 bits per heavy atom. The lowest BCUT2D eigenvalue weighted by Crippen LogP contribution is -2.25. The maximum atomic E-state index is 11.9. The quantitative estimate of drug-likeness (QED) is 0.813. The van der Waals surface area contributed by atoms with Gasteiger partial charge in [-0.2, -0.15) is 13.2 Å². The number of aromatic hydroxyl groups is 1. The fourth-order valence-electron chi connectivity index (χ4n) is 1.42. The van der Waals surface area contributed by atoms with E-state index < -0.39 is 18.5 Å². The highest BCUT2D eigenvalue weighted by Gasteiger charge is 2.26. The molecule has 1 rings (SSSR count). The molecule has 0 saturated heterocycles. The molecule has 0 atom stereocenters. The van der Waals surface area contributed by atoms with Crippen molar-refractivity contribution in [3.05, 3.63) is 23.8 Å². The van der Waals surface area contributed by atoms with E-state index in [0.717, 1.165) is 0 Å². The van der Waals surface area contributed by atoms with E-state index >= 15 is 0 Å². The second kappa shape index (κ2) is 6.31. The summed E-state index contributed by atoms with van der Waals surface area (Å²) in [4.78, 5) is 11.6. The first-order valence-corrected chi connectivity index (χ1v) is 5.55. The molecule has 0 heterocycles. The molecule has 0 aliphatic heterocycles. The number of hydrogen-bond acceptors (Lipinski definition) is 3. The summed E-state index contributed by atoms with van der Waals surface area (Å²) in [7, 11) is 1.37. The first kappa shape index (κ1) is 15.1. The van der Waals surface area contributed by atoms with Crippen molar-refractivity contribution < 1.29 is 27.8 Å². The van der Waals surface area contributed by atoms with Gasteiger partial charge >= 0.3 is 6.18 Å². The third kappa shape index (κ3) is 5.07. The molecule has 0 saturated carbocycles. The topological polar surface area (TPSA) is 58.6 Å². The van der Waals surface area contributed by atoms with E-state index in [2.05, 4.69) is 5.32 Å². The van der Waals surface area contributed by atoms with E-state index in [0.29, 0.717) is 0 Å². The number of nitrogens with one attached hydrogen (secondary N) is 1. The SMILES string of the molecule is COc1ccc(C(=O)NCCCC(F)(F)F)cc1O. The molecular weight excluding hydrogens is 263 g/mol. The van der Waals surface area contributed by atoms with E-state index in [1.165, 1.54) is 25.3 Å². The van der Waals surface area contributed by atoms with Crippen LogP contribution in [0.2, 0.25) is 0 Å². The Kier molecular flexibility index (Phi) is 5.02. The van der Waals surface area contributed by atoms with Gasteiger partial charge < -0.3 is 15.2 Å². The summed E-state index contributed by atoms with van der Waals surface area (Å²) >= 11 is 0. The fraction of sp³-hybridized carbons (Fsp3) is 0.417. The second-order valence-electron chi connectivity index (χ2n) is 3.86. The van der Waals surface area contributed by atoms with Gasteiger partial charge in [0.15, 0.2) is 11.5 Å². The molecule has 7 heteroatoms. The van der Waals surface area contributed by atoms with Crippen molar-refractivity contribution in [2.75, 3.05) is 13.7 Å². The Morgan fingerprint density at radius 2 is 2.11 bits per heavy atom. The highest BCUT2D eigenvalue weighted by atomic mass is 19.4. The van der Waals surface area contributed by atoms with Crippen molar-refractivity contribution >= 4 is 5.91 Å². The maximum Gasteiger partial charge on any atom is 0.389 e. The molecule has 0 bridgehead atoms. The van der Waals surface area contributed by atoms with Crippen LogP contribution in [0.3, 0.4) is 0 Å². The van der Waals surface area contributed by atoms with Crippen molar-refractivity contribution in [1.82, 2.24) is 5.32 Å². The number of carbonyl (C=O) groups is 1. The van der Waals surface area contributed by atoms with Gasteiger partial charge in [0.1, 0.15) is 0 Å². The van der Waals surface area contributed by atoms with Gasteiger partial charge in [0, 0.05) is 18.5 Å². The molecule has 0 unspecified atom stereocenters. The summed E-state index contributed by atoms with van der Waals surface area (Å²) < 4.78 is 40.4. The highest BCUT2D eigenvalue weighted by Crippen LogP contribution is 2.26. The van der Waals surface area contributed by atoms with Crippen LogP contribution in [0.25, 0.3) is 0 Å². The van der Waals surface area contributed by atoms with Gasteiger partial charge in [-0.25, -0.2) is 0 Å². The Hall–Kier alpha value is -1.92. The van der Waals surface area contributed by atoms with Gasteiger partial charge in [-0.05, 0) is 24.6 Å². The van der Waals surface area contributed by atoms with Gasteiger partial charge in [-0.1, -0.05) is 0 Å². The minimum atomic E-state index is -4.22. The number of carbonyl (C=O) groups excluding carboxylic acids is 1. The summed E-state index contributed by atoms with van der Waals surface area (Å²) in [6.45, 7) is -0.0782. The highest BCUT2D eigenvalue weighted by molar-refractivity contribution is 5.94. The molecule has 2 N–H and O–H groups in total. The summed E-state index contributed by atoms with van der Waals surface area (Å²) in [5.74, 6) is -0.529. The molecule has 0 aromatic heterocycles. The number of benzene rings is 1. The van der Waals surface area contributed by atoms with Crippen molar-refractivity contribution in [2.45, 2.75) is 19.0 Å². The van der Waals surface area contributed by atoms with Crippen molar-refractivity contribution in [2.24, 2.45) is 0 Å². The van der Waals surface area contributed by atoms with Crippen LogP contribution in [0, 0.1) is 0 Å². The number of phenolic OH excluding ortho intramolecular Hbond substituents is 1. The molecule has 1 amide bonds. The number of halogens is 3. The van der Waals surface area contributed by atoms with Crippen molar-refractivity contribution in [1.29, 1.82) is 0 Å². The first-order valence-electron chi connectivity index (χ1n) is 5.55. The lowest BCUT2D eigenvalue weighted by Gasteiger charge is -2.08. The number of hydrogen-bond donors (Lipinski definition) is 2. The van der Waals surface area contributed by atoms with Gasteiger partial charge in [0.25, 0.3) is 5.91 Å². The van der Waals surface area contributed by atoms with E-state index in [9.17, 15) is 23.1 Å². The Labute approximate surface area is 108 Å². The number of rotatable bonds is 5. The van der Waals surface area contributed by atoms with Crippen LogP contribution in [0.15, 0.2) is 18.2 Å². The van der Waals surface area contributed by atoms with Crippen molar-refractivity contribution in [3.8, 4) is 11.5 Å². The number of ether oxygens (including phenoxy) is 1. The zero-order valence-corrected chi connectivity index (χ0v) is 10.3. The second-order valence-corrected chi connectivity index (χ2v) is 3.86. The Balaban J connectivity index is 2.48. The number of phenols is 1. The zero-order chi connectivity index (χ0) is 14.5. The van der Waals surface area contributed by atoms with Crippen LogP contribution in [0.5, 0.6) is 11.5 Å². The molecule has 1 aromatic rings. The third-order valence-electron chi connectivity index (χ3n) is 2.36. The maximum absolute atomic E-state index is 11.9. The molecule has 4 nitrogen and oxygen atoms in total. The minimum Gasteiger partial charge on any atom is -0.504 e.